The first-order valence-corrected chi connectivity index (χ1v) is 13.1. The highest BCUT2D eigenvalue weighted by Crippen LogP contribution is 2.34. The molecule has 0 saturated heterocycles. The normalized spacial score (nSPS) is 10.6. The molecule has 3 aromatic rings. The van der Waals surface area contributed by atoms with Crippen LogP contribution >= 0.6 is 0 Å². The maximum Gasteiger partial charge on any atom is 0.243 e. The first-order chi connectivity index (χ1) is 20.9. The van der Waals surface area contributed by atoms with Crippen molar-refractivity contribution >= 4 is 52.5 Å². The molecule has 0 fully saturated rings. The molecule has 3 rings (SSSR count). The quantitative estimate of drug-likeness (QED) is 0.138. The van der Waals surface area contributed by atoms with Gasteiger partial charge in [-0.2, -0.15) is 0 Å². The zero-order valence-corrected chi connectivity index (χ0v) is 24.1. The number of aromatic nitrogens is 3. The largest absolute Gasteiger partial charge is 0.372 e. The Kier molecular flexibility index (Phi) is 11.1. The zero-order chi connectivity index (χ0) is 32.3. The fraction of sp³-hybridized carbons (Fsp3) is 0.250. The zero-order valence-electron chi connectivity index (χ0n) is 24.1. The summed E-state index contributed by atoms with van der Waals surface area (Å²) in [4.78, 5) is 82.4. The van der Waals surface area contributed by atoms with E-state index in [1.807, 2.05) is 0 Å². The SMILES string of the molecule is CC(=O)NCC(=O)Nc1ccc(C(O)(c2ccc(NC(=O)CNC(C)=O)cn2)c2ccc(NC(=O)CNC(C)=O)cn2)nc1. The summed E-state index contributed by atoms with van der Waals surface area (Å²) in [6, 6.07) is 8.82. The van der Waals surface area contributed by atoms with Crippen molar-refractivity contribution in [3.05, 3.63) is 72.1 Å². The number of aliphatic hydroxyl groups is 1. The van der Waals surface area contributed by atoms with E-state index in [0.717, 1.165) is 0 Å². The lowest BCUT2D eigenvalue weighted by atomic mass is 9.89. The summed E-state index contributed by atoms with van der Waals surface area (Å²) in [6.07, 6.45) is 3.91. The van der Waals surface area contributed by atoms with Gasteiger partial charge < -0.3 is 37.0 Å². The monoisotopic (exact) mass is 605 g/mol. The third-order valence-corrected chi connectivity index (χ3v) is 5.75. The Morgan fingerprint density at radius 1 is 0.545 bits per heavy atom. The van der Waals surface area contributed by atoms with Crippen molar-refractivity contribution in [1.82, 2.24) is 30.9 Å². The van der Waals surface area contributed by atoms with Crippen LogP contribution in [0.1, 0.15) is 37.9 Å². The minimum Gasteiger partial charge on any atom is -0.372 e. The third-order valence-electron chi connectivity index (χ3n) is 5.75. The smallest absolute Gasteiger partial charge is 0.243 e. The summed E-state index contributed by atoms with van der Waals surface area (Å²) >= 11 is 0. The molecule has 0 aliphatic heterocycles. The average Bonchev–Trinajstić information content (AvgIpc) is 2.98. The van der Waals surface area contributed by atoms with Crippen LogP contribution in [0.2, 0.25) is 0 Å². The molecular formula is C28H31N9O7. The molecule has 3 heterocycles. The van der Waals surface area contributed by atoms with Gasteiger partial charge in [0.1, 0.15) is 0 Å². The van der Waals surface area contributed by atoms with E-state index in [9.17, 15) is 33.9 Å². The van der Waals surface area contributed by atoms with Gasteiger partial charge in [-0.3, -0.25) is 43.7 Å². The Morgan fingerprint density at radius 3 is 1.02 bits per heavy atom. The number of nitrogens with zero attached hydrogens (tertiary/aromatic N) is 3. The van der Waals surface area contributed by atoms with Gasteiger partial charge in [0.2, 0.25) is 35.4 Å². The molecule has 0 bridgehead atoms. The van der Waals surface area contributed by atoms with Gasteiger partial charge in [0.25, 0.3) is 0 Å². The molecule has 7 N–H and O–H groups in total. The van der Waals surface area contributed by atoms with Crippen LogP contribution < -0.4 is 31.9 Å². The van der Waals surface area contributed by atoms with Crippen LogP contribution in [0.3, 0.4) is 0 Å². The van der Waals surface area contributed by atoms with Crippen LogP contribution in [-0.2, 0) is 34.4 Å². The highest BCUT2D eigenvalue weighted by Gasteiger charge is 2.38. The van der Waals surface area contributed by atoms with Crippen molar-refractivity contribution < 1.29 is 33.9 Å². The minimum absolute atomic E-state index is 0.0715. The molecular weight excluding hydrogens is 574 g/mol. The van der Waals surface area contributed by atoms with Gasteiger partial charge in [-0.1, -0.05) is 0 Å². The molecule has 0 unspecified atom stereocenters. The molecule has 0 aliphatic rings. The molecule has 3 aromatic heterocycles. The molecule has 16 heteroatoms. The third kappa shape index (κ3) is 9.38. The van der Waals surface area contributed by atoms with Crippen LogP contribution in [0.25, 0.3) is 0 Å². The van der Waals surface area contributed by atoms with E-state index < -0.39 is 23.3 Å². The molecule has 0 spiro atoms. The molecule has 230 valence electrons. The second kappa shape index (κ2) is 14.9. The number of carbonyl (C=O) groups is 6. The molecule has 0 saturated carbocycles. The number of anilines is 3. The van der Waals surface area contributed by atoms with Gasteiger partial charge in [-0.15, -0.1) is 0 Å². The predicted octanol–water partition coefficient (Wildman–Crippen LogP) is -0.620. The van der Waals surface area contributed by atoms with Crippen LogP contribution in [0.15, 0.2) is 55.0 Å². The van der Waals surface area contributed by atoms with Crippen molar-refractivity contribution in [2.45, 2.75) is 26.4 Å². The lowest BCUT2D eigenvalue weighted by Gasteiger charge is -2.27. The Bertz CT molecular complexity index is 1340. The number of rotatable bonds is 12. The summed E-state index contributed by atoms with van der Waals surface area (Å²) in [7, 11) is 0. The summed E-state index contributed by atoms with van der Waals surface area (Å²) < 4.78 is 0. The molecule has 44 heavy (non-hydrogen) atoms. The van der Waals surface area contributed by atoms with Gasteiger partial charge in [-0.05, 0) is 36.4 Å². The van der Waals surface area contributed by atoms with Crippen molar-refractivity contribution in [3.63, 3.8) is 0 Å². The molecule has 0 radical (unpaired) electrons. The van der Waals surface area contributed by atoms with Crippen molar-refractivity contribution in [3.8, 4) is 0 Å². The van der Waals surface area contributed by atoms with Gasteiger partial charge >= 0.3 is 0 Å². The number of hydrogen-bond acceptors (Lipinski definition) is 10. The number of amides is 6. The topological polar surface area (TPSA) is 233 Å². The van der Waals surface area contributed by atoms with Crippen LogP contribution in [0, 0.1) is 0 Å². The van der Waals surface area contributed by atoms with Crippen molar-refractivity contribution in [1.29, 1.82) is 0 Å². The van der Waals surface area contributed by atoms with E-state index in [1.54, 1.807) is 0 Å². The Morgan fingerprint density at radius 2 is 0.818 bits per heavy atom. The average molecular weight is 606 g/mol. The fourth-order valence-electron chi connectivity index (χ4n) is 3.67. The maximum absolute atomic E-state index is 12.1. The van der Waals surface area contributed by atoms with Crippen LogP contribution in [-0.4, -0.2) is 75.1 Å². The van der Waals surface area contributed by atoms with Gasteiger partial charge in [-0.25, -0.2) is 0 Å². The summed E-state index contributed by atoms with van der Waals surface area (Å²) in [5, 5.41) is 27.0. The van der Waals surface area contributed by atoms with Gasteiger partial charge in [0.15, 0.2) is 5.60 Å². The van der Waals surface area contributed by atoms with Crippen LogP contribution in [0.5, 0.6) is 0 Å². The molecule has 0 atom stereocenters. The Labute approximate surface area is 251 Å². The molecule has 16 nitrogen and oxygen atoms in total. The number of hydrogen-bond donors (Lipinski definition) is 7. The fourth-order valence-corrected chi connectivity index (χ4v) is 3.67. The van der Waals surface area contributed by atoms with E-state index in [2.05, 4.69) is 46.9 Å². The maximum atomic E-state index is 12.1. The number of nitrogens with one attached hydrogen (secondary N) is 6. The van der Waals surface area contributed by atoms with E-state index in [0.29, 0.717) is 17.1 Å². The Hall–Kier alpha value is -5.77. The Balaban J connectivity index is 1.90. The number of carbonyl (C=O) groups excluding carboxylic acids is 6. The second-order valence-electron chi connectivity index (χ2n) is 9.38. The highest BCUT2D eigenvalue weighted by atomic mass is 16.3. The van der Waals surface area contributed by atoms with E-state index >= 15 is 0 Å². The highest BCUT2D eigenvalue weighted by molar-refractivity contribution is 5.95. The summed E-state index contributed by atoms with van der Waals surface area (Å²) in [5.74, 6) is -2.55. The molecule has 6 amide bonds. The van der Waals surface area contributed by atoms with Gasteiger partial charge in [0, 0.05) is 20.8 Å². The summed E-state index contributed by atoms with van der Waals surface area (Å²) in [6.45, 7) is 3.13. The molecule has 0 aromatic carbocycles. The molecule has 0 aliphatic carbocycles. The first-order valence-electron chi connectivity index (χ1n) is 13.1. The standard InChI is InChI=1S/C28H31N9O7/c1-16(38)29-13-25(41)35-19-4-7-22(32-10-19)28(44,23-8-5-20(11-33-23)36-26(42)14-30-17(2)39)24-9-6-21(12-34-24)37-27(43)15-31-18(3)40/h4-12,44H,13-15H2,1-3H3,(H,29,38)(H,30,39)(H,31,40)(H,35,41)(H,36,42)(H,37,43). The van der Waals surface area contributed by atoms with Crippen LogP contribution in [0.4, 0.5) is 17.1 Å². The summed E-state index contributed by atoms with van der Waals surface area (Å²) in [5.41, 5.74) is -0.951. The lowest BCUT2D eigenvalue weighted by Crippen LogP contribution is -2.33. The lowest BCUT2D eigenvalue weighted by molar-refractivity contribution is -0.122. The minimum atomic E-state index is -2.05. The van der Waals surface area contributed by atoms with Crippen molar-refractivity contribution in [2.24, 2.45) is 0 Å². The number of pyridine rings is 3. The first kappa shape index (κ1) is 32.7. The predicted molar refractivity (Wildman–Crippen MR) is 157 cm³/mol. The van der Waals surface area contributed by atoms with E-state index in [4.69, 9.17) is 0 Å². The van der Waals surface area contributed by atoms with E-state index in [1.165, 1.54) is 75.8 Å². The van der Waals surface area contributed by atoms with E-state index in [-0.39, 0.29) is 54.4 Å². The van der Waals surface area contributed by atoms with Gasteiger partial charge in [0.05, 0.1) is 72.4 Å². The van der Waals surface area contributed by atoms with Crippen molar-refractivity contribution in [2.75, 3.05) is 35.6 Å². The second-order valence-corrected chi connectivity index (χ2v) is 9.38.